The number of benzene rings is 1. The lowest BCUT2D eigenvalue weighted by Gasteiger charge is -1.97. The normalized spacial score (nSPS) is 15.4. The quantitative estimate of drug-likeness (QED) is 0.508. The highest BCUT2D eigenvalue weighted by Crippen LogP contribution is 2.35. The Hall–Kier alpha value is -2.89. The molecule has 1 aromatic carbocycles. The molecule has 0 spiro atoms. The standard InChI is InChI=1S/C13H8N2O4/c16-13-11(7-9-2-1-5-19-9)10-6-8(15(17)18)3-4-12(10)14-13/h1-7H,(H,14,16)/b11-7+. The van der Waals surface area contributed by atoms with Crippen molar-refractivity contribution in [2.45, 2.75) is 0 Å². The number of nitro groups is 1. The van der Waals surface area contributed by atoms with E-state index in [2.05, 4.69) is 5.32 Å². The number of nitrogens with zero attached hydrogens (tertiary/aromatic N) is 1. The van der Waals surface area contributed by atoms with Crippen LogP contribution in [0.1, 0.15) is 11.3 Å². The number of carbonyl (C=O) groups is 1. The molecule has 0 aliphatic carbocycles. The molecule has 1 aliphatic heterocycles. The molecule has 0 fully saturated rings. The zero-order chi connectivity index (χ0) is 13.4. The molecule has 2 aromatic rings. The number of carbonyl (C=O) groups excluding carboxylic acids is 1. The van der Waals surface area contributed by atoms with E-state index in [0.717, 1.165) is 0 Å². The summed E-state index contributed by atoms with van der Waals surface area (Å²) in [5, 5.41) is 13.4. The Morgan fingerprint density at radius 3 is 2.84 bits per heavy atom. The van der Waals surface area contributed by atoms with Gasteiger partial charge in [0.05, 0.1) is 16.8 Å². The number of nitro benzene ring substituents is 1. The van der Waals surface area contributed by atoms with Gasteiger partial charge in [0.1, 0.15) is 5.76 Å². The van der Waals surface area contributed by atoms with Crippen LogP contribution in [-0.4, -0.2) is 10.8 Å². The van der Waals surface area contributed by atoms with Gasteiger partial charge >= 0.3 is 0 Å². The van der Waals surface area contributed by atoms with Crippen molar-refractivity contribution in [2.75, 3.05) is 5.32 Å². The molecule has 6 heteroatoms. The van der Waals surface area contributed by atoms with E-state index in [1.165, 1.54) is 24.5 Å². The Kier molecular flexibility index (Phi) is 2.42. The van der Waals surface area contributed by atoms with E-state index in [0.29, 0.717) is 22.6 Å². The average Bonchev–Trinajstić information content (AvgIpc) is 2.98. The lowest BCUT2D eigenvalue weighted by molar-refractivity contribution is -0.384. The summed E-state index contributed by atoms with van der Waals surface area (Å²) in [5.74, 6) is 0.219. The van der Waals surface area contributed by atoms with Crippen molar-refractivity contribution in [1.82, 2.24) is 0 Å². The first kappa shape index (κ1) is 11.2. The highest BCUT2D eigenvalue weighted by molar-refractivity contribution is 6.34. The van der Waals surface area contributed by atoms with Crippen molar-refractivity contribution in [3.63, 3.8) is 0 Å². The minimum absolute atomic E-state index is 0.0550. The molecule has 94 valence electrons. The first-order valence-electron chi connectivity index (χ1n) is 5.50. The van der Waals surface area contributed by atoms with Crippen molar-refractivity contribution in [3.05, 3.63) is 58.0 Å². The Morgan fingerprint density at radius 2 is 2.16 bits per heavy atom. The van der Waals surface area contributed by atoms with E-state index < -0.39 is 4.92 Å². The molecule has 0 unspecified atom stereocenters. The molecular formula is C13H8N2O4. The summed E-state index contributed by atoms with van der Waals surface area (Å²) >= 11 is 0. The number of hydrogen-bond acceptors (Lipinski definition) is 4. The van der Waals surface area contributed by atoms with Crippen LogP contribution in [0.2, 0.25) is 0 Å². The number of anilines is 1. The lowest BCUT2D eigenvalue weighted by atomic mass is 10.1. The van der Waals surface area contributed by atoms with Crippen LogP contribution in [0.3, 0.4) is 0 Å². The first-order valence-corrected chi connectivity index (χ1v) is 5.50. The van der Waals surface area contributed by atoms with Crippen molar-refractivity contribution in [3.8, 4) is 0 Å². The van der Waals surface area contributed by atoms with Gasteiger partial charge in [-0.2, -0.15) is 0 Å². The minimum Gasteiger partial charge on any atom is -0.465 e. The fourth-order valence-corrected chi connectivity index (χ4v) is 1.95. The maximum Gasteiger partial charge on any atom is 0.270 e. The Balaban J connectivity index is 2.12. The fourth-order valence-electron chi connectivity index (χ4n) is 1.95. The summed E-state index contributed by atoms with van der Waals surface area (Å²) < 4.78 is 5.15. The number of nitrogens with one attached hydrogen (secondary N) is 1. The summed E-state index contributed by atoms with van der Waals surface area (Å²) in [6.07, 6.45) is 3.05. The van der Waals surface area contributed by atoms with Crippen molar-refractivity contribution < 1.29 is 14.1 Å². The van der Waals surface area contributed by atoms with Gasteiger partial charge in [-0.05, 0) is 24.3 Å². The summed E-state index contributed by atoms with van der Waals surface area (Å²) in [6.45, 7) is 0. The molecule has 6 nitrogen and oxygen atoms in total. The first-order chi connectivity index (χ1) is 9.15. The maximum absolute atomic E-state index is 11.8. The molecule has 2 heterocycles. The molecule has 0 radical (unpaired) electrons. The summed E-state index contributed by atoms with van der Waals surface area (Å²) in [7, 11) is 0. The maximum atomic E-state index is 11.8. The zero-order valence-corrected chi connectivity index (χ0v) is 9.62. The third-order valence-electron chi connectivity index (χ3n) is 2.83. The number of furan rings is 1. The molecule has 3 rings (SSSR count). The molecule has 1 amide bonds. The monoisotopic (exact) mass is 256 g/mol. The summed E-state index contributed by atoms with van der Waals surface area (Å²) in [5.41, 5.74) is 1.37. The van der Waals surface area contributed by atoms with Gasteiger partial charge in [-0.25, -0.2) is 0 Å². The Bertz CT molecular complexity index is 701. The number of non-ortho nitro benzene ring substituents is 1. The molecule has 0 saturated carbocycles. The summed E-state index contributed by atoms with van der Waals surface area (Å²) in [6, 6.07) is 7.66. The second kappa shape index (κ2) is 4.09. The number of hydrogen-bond donors (Lipinski definition) is 1. The largest absolute Gasteiger partial charge is 0.465 e. The van der Waals surface area contributed by atoms with Gasteiger partial charge in [0, 0.05) is 23.4 Å². The second-order valence-corrected chi connectivity index (χ2v) is 4.01. The van der Waals surface area contributed by atoms with Gasteiger partial charge in [-0.15, -0.1) is 0 Å². The molecule has 19 heavy (non-hydrogen) atoms. The van der Waals surface area contributed by atoms with Crippen molar-refractivity contribution in [1.29, 1.82) is 0 Å². The van der Waals surface area contributed by atoms with Crippen LogP contribution in [0.15, 0.2) is 41.0 Å². The van der Waals surface area contributed by atoms with E-state index in [1.807, 2.05) is 0 Å². The zero-order valence-electron chi connectivity index (χ0n) is 9.62. The van der Waals surface area contributed by atoms with Gasteiger partial charge in [0.25, 0.3) is 11.6 Å². The van der Waals surface area contributed by atoms with Crippen LogP contribution in [0, 0.1) is 10.1 Å². The van der Waals surface area contributed by atoms with Crippen LogP contribution < -0.4 is 5.32 Å². The van der Waals surface area contributed by atoms with Gasteiger partial charge in [-0.3, -0.25) is 14.9 Å². The predicted octanol–water partition coefficient (Wildman–Crippen LogP) is 2.68. The second-order valence-electron chi connectivity index (χ2n) is 4.01. The van der Waals surface area contributed by atoms with Gasteiger partial charge in [-0.1, -0.05) is 0 Å². The van der Waals surface area contributed by atoms with E-state index >= 15 is 0 Å². The fraction of sp³-hybridized carbons (Fsp3) is 0. The molecule has 1 N–H and O–H groups in total. The van der Waals surface area contributed by atoms with Crippen LogP contribution in [0.5, 0.6) is 0 Å². The smallest absolute Gasteiger partial charge is 0.270 e. The lowest BCUT2D eigenvalue weighted by Crippen LogP contribution is -2.03. The Morgan fingerprint density at radius 1 is 1.32 bits per heavy atom. The highest BCUT2D eigenvalue weighted by atomic mass is 16.6. The molecular weight excluding hydrogens is 248 g/mol. The minimum atomic E-state index is -0.492. The average molecular weight is 256 g/mol. The van der Waals surface area contributed by atoms with Crippen LogP contribution >= 0.6 is 0 Å². The number of rotatable bonds is 2. The molecule has 1 aromatic heterocycles. The van der Waals surface area contributed by atoms with Crippen LogP contribution in [-0.2, 0) is 4.79 Å². The molecule has 0 bridgehead atoms. The van der Waals surface area contributed by atoms with Gasteiger partial charge < -0.3 is 9.73 Å². The number of fused-ring (bicyclic) bond motifs is 1. The van der Waals surface area contributed by atoms with E-state index in [9.17, 15) is 14.9 Å². The van der Waals surface area contributed by atoms with Crippen molar-refractivity contribution >= 4 is 28.9 Å². The third-order valence-corrected chi connectivity index (χ3v) is 2.83. The highest BCUT2D eigenvalue weighted by Gasteiger charge is 2.26. The van der Waals surface area contributed by atoms with E-state index in [4.69, 9.17) is 4.42 Å². The topological polar surface area (TPSA) is 85.4 Å². The SMILES string of the molecule is O=C1Nc2ccc([N+](=O)[O-])cc2/C1=C\c1ccco1. The van der Waals surface area contributed by atoms with Gasteiger partial charge in [0.2, 0.25) is 0 Å². The summed E-state index contributed by atoms with van der Waals surface area (Å²) in [4.78, 5) is 22.1. The number of amides is 1. The van der Waals surface area contributed by atoms with Gasteiger partial charge in [0.15, 0.2) is 0 Å². The third kappa shape index (κ3) is 1.89. The predicted molar refractivity (Wildman–Crippen MR) is 68.3 cm³/mol. The van der Waals surface area contributed by atoms with Crippen molar-refractivity contribution in [2.24, 2.45) is 0 Å². The molecule has 1 aliphatic rings. The van der Waals surface area contributed by atoms with Crippen LogP contribution in [0.25, 0.3) is 11.6 Å². The van der Waals surface area contributed by atoms with E-state index in [1.54, 1.807) is 18.2 Å². The molecule has 0 atom stereocenters. The van der Waals surface area contributed by atoms with Crippen LogP contribution in [0.4, 0.5) is 11.4 Å². The molecule has 0 saturated heterocycles. The van der Waals surface area contributed by atoms with E-state index in [-0.39, 0.29) is 11.6 Å². The Labute approximate surface area is 107 Å².